The van der Waals surface area contributed by atoms with Crippen LogP contribution in [0, 0.1) is 20.8 Å². The van der Waals surface area contributed by atoms with Gasteiger partial charge in [0.15, 0.2) is 5.11 Å². The first-order valence-corrected chi connectivity index (χ1v) is 10.6. The van der Waals surface area contributed by atoms with Gasteiger partial charge in [-0.3, -0.25) is 4.79 Å². The molecule has 0 fully saturated rings. The molecular weight excluding hydrogens is 406 g/mol. The van der Waals surface area contributed by atoms with Crippen LogP contribution in [0.1, 0.15) is 50.6 Å². The SMILES string of the molecule is CCN(CC)C(=O)c1sc(NC(=S)Nc2ccc(C)cc2C)c(C(=O)OC)c1C. The van der Waals surface area contributed by atoms with E-state index in [1.54, 1.807) is 11.8 Å². The monoisotopic (exact) mass is 433 g/mol. The number of carbonyl (C=O) groups excluding carboxylic acids is 2. The molecule has 0 aliphatic heterocycles. The molecule has 8 heteroatoms. The van der Waals surface area contributed by atoms with Crippen LogP contribution in [0.4, 0.5) is 10.7 Å². The molecule has 0 spiro atoms. The second-order valence-electron chi connectivity index (χ2n) is 6.63. The molecule has 0 unspecified atom stereocenters. The molecule has 0 aliphatic carbocycles. The molecule has 2 rings (SSSR count). The highest BCUT2D eigenvalue weighted by Gasteiger charge is 2.27. The van der Waals surface area contributed by atoms with Crippen LogP contribution in [-0.2, 0) is 4.74 Å². The quantitative estimate of drug-likeness (QED) is 0.506. The number of amides is 1. The number of anilines is 2. The van der Waals surface area contributed by atoms with Crippen molar-refractivity contribution in [2.24, 2.45) is 0 Å². The molecule has 6 nitrogen and oxygen atoms in total. The Kier molecular flexibility index (Phi) is 7.75. The number of nitrogens with one attached hydrogen (secondary N) is 2. The van der Waals surface area contributed by atoms with Gasteiger partial charge in [-0.2, -0.15) is 0 Å². The minimum absolute atomic E-state index is 0.107. The fourth-order valence-corrected chi connectivity index (χ4v) is 4.46. The summed E-state index contributed by atoms with van der Waals surface area (Å²) >= 11 is 6.66. The van der Waals surface area contributed by atoms with Gasteiger partial charge in [0.05, 0.1) is 17.6 Å². The van der Waals surface area contributed by atoms with Crippen molar-refractivity contribution in [3.05, 3.63) is 45.3 Å². The third-order valence-corrected chi connectivity index (χ3v) is 6.04. The summed E-state index contributed by atoms with van der Waals surface area (Å²) in [5, 5.41) is 7.06. The van der Waals surface area contributed by atoms with Crippen LogP contribution >= 0.6 is 23.6 Å². The van der Waals surface area contributed by atoms with E-state index in [1.165, 1.54) is 18.4 Å². The van der Waals surface area contributed by atoms with Gasteiger partial charge in [0, 0.05) is 18.8 Å². The summed E-state index contributed by atoms with van der Waals surface area (Å²) < 4.78 is 4.94. The Morgan fingerprint density at radius 1 is 1.14 bits per heavy atom. The van der Waals surface area contributed by atoms with E-state index < -0.39 is 5.97 Å². The predicted octanol–water partition coefficient (Wildman–Crippen LogP) is 4.75. The lowest BCUT2D eigenvalue weighted by Gasteiger charge is -2.18. The molecule has 1 amide bonds. The van der Waals surface area contributed by atoms with E-state index in [0.717, 1.165) is 16.8 Å². The third kappa shape index (κ3) is 5.13. The number of benzene rings is 1. The Hall–Kier alpha value is -2.45. The van der Waals surface area contributed by atoms with Gasteiger partial charge in [0.25, 0.3) is 5.91 Å². The summed E-state index contributed by atoms with van der Waals surface area (Å²) in [5.74, 6) is -0.613. The summed E-state index contributed by atoms with van der Waals surface area (Å²) in [6.45, 7) is 10.8. The Morgan fingerprint density at radius 2 is 1.79 bits per heavy atom. The van der Waals surface area contributed by atoms with Crippen molar-refractivity contribution in [3.63, 3.8) is 0 Å². The van der Waals surface area contributed by atoms with Gasteiger partial charge in [0.1, 0.15) is 5.00 Å². The first kappa shape index (κ1) is 22.8. The van der Waals surface area contributed by atoms with Gasteiger partial charge < -0.3 is 20.3 Å². The lowest BCUT2D eigenvalue weighted by atomic mass is 10.1. The van der Waals surface area contributed by atoms with Crippen LogP contribution < -0.4 is 10.6 Å². The minimum atomic E-state index is -0.505. The van der Waals surface area contributed by atoms with Crippen LogP contribution in [0.2, 0.25) is 0 Å². The Bertz CT molecular complexity index is 933. The molecule has 0 aliphatic rings. The molecule has 1 heterocycles. The third-order valence-electron chi connectivity index (χ3n) is 4.64. The standard InChI is InChI=1S/C21H27N3O3S2/c1-7-24(8-2)19(25)17-14(5)16(20(26)27-6)18(29-17)23-21(28)22-15-10-9-12(3)11-13(15)4/h9-11H,7-8H2,1-6H3,(H2,22,23,28). The summed E-state index contributed by atoms with van der Waals surface area (Å²) in [5.41, 5.74) is 4.02. The van der Waals surface area contributed by atoms with Gasteiger partial charge >= 0.3 is 5.97 Å². The van der Waals surface area contributed by atoms with E-state index in [9.17, 15) is 9.59 Å². The first-order valence-electron chi connectivity index (χ1n) is 9.39. The zero-order valence-corrected chi connectivity index (χ0v) is 19.3. The van der Waals surface area contributed by atoms with Gasteiger partial charge in [0.2, 0.25) is 0 Å². The van der Waals surface area contributed by atoms with Crippen LogP contribution in [-0.4, -0.2) is 42.1 Å². The maximum absolute atomic E-state index is 12.9. The van der Waals surface area contributed by atoms with Gasteiger partial charge in [-0.15, -0.1) is 11.3 Å². The van der Waals surface area contributed by atoms with Crippen molar-refractivity contribution in [1.29, 1.82) is 0 Å². The summed E-state index contributed by atoms with van der Waals surface area (Å²) in [7, 11) is 1.32. The number of carbonyl (C=O) groups is 2. The van der Waals surface area contributed by atoms with E-state index >= 15 is 0 Å². The number of thiocarbonyl (C=S) groups is 1. The Balaban J connectivity index is 2.35. The normalized spacial score (nSPS) is 10.4. The molecule has 0 saturated heterocycles. The second kappa shape index (κ2) is 9.84. The minimum Gasteiger partial charge on any atom is -0.465 e. The largest absolute Gasteiger partial charge is 0.465 e. The van der Waals surface area contributed by atoms with Crippen molar-refractivity contribution < 1.29 is 14.3 Å². The number of methoxy groups -OCH3 is 1. The molecule has 2 aromatic rings. The molecule has 29 heavy (non-hydrogen) atoms. The number of rotatable bonds is 6. The number of hydrogen-bond donors (Lipinski definition) is 2. The van der Waals surface area contributed by atoms with Crippen molar-refractivity contribution in [2.75, 3.05) is 30.8 Å². The molecule has 1 aromatic heterocycles. The van der Waals surface area contributed by atoms with Crippen LogP contribution in [0.3, 0.4) is 0 Å². The van der Waals surface area contributed by atoms with E-state index in [1.807, 2.05) is 39.8 Å². The van der Waals surface area contributed by atoms with E-state index in [-0.39, 0.29) is 5.91 Å². The highest BCUT2D eigenvalue weighted by molar-refractivity contribution is 7.80. The van der Waals surface area contributed by atoms with Crippen molar-refractivity contribution >= 4 is 51.2 Å². The van der Waals surface area contributed by atoms with Crippen molar-refractivity contribution in [1.82, 2.24) is 4.90 Å². The molecule has 0 atom stereocenters. The van der Waals surface area contributed by atoms with Gasteiger partial charge in [-0.25, -0.2) is 4.79 Å². The van der Waals surface area contributed by atoms with Crippen molar-refractivity contribution in [2.45, 2.75) is 34.6 Å². The maximum Gasteiger partial charge on any atom is 0.341 e. The average Bonchev–Trinajstić information content (AvgIpc) is 3.00. The van der Waals surface area contributed by atoms with Crippen molar-refractivity contribution in [3.8, 4) is 0 Å². The van der Waals surface area contributed by atoms with Gasteiger partial charge in [-0.05, 0) is 64.0 Å². The molecule has 0 bridgehead atoms. The van der Waals surface area contributed by atoms with Crippen LogP contribution in [0.5, 0.6) is 0 Å². The second-order valence-corrected chi connectivity index (χ2v) is 8.06. The summed E-state index contributed by atoms with van der Waals surface area (Å²) in [4.78, 5) is 27.5. The number of hydrogen-bond acceptors (Lipinski definition) is 5. The fraction of sp³-hybridized carbons (Fsp3) is 0.381. The number of ether oxygens (including phenoxy) is 1. The molecule has 1 aromatic carbocycles. The Labute approximate surface area is 181 Å². The average molecular weight is 434 g/mol. The predicted molar refractivity (Wildman–Crippen MR) is 123 cm³/mol. The first-order chi connectivity index (χ1) is 13.7. The molecule has 2 N–H and O–H groups in total. The lowest BCUT2D eigenvalue weighted by Crippen LogP contribution is -2.30. The summed E-state index contributed by atoms with van der Waals surface area (Å²) in [6, 6.07) is 6.00. The number of esters is 1. The number of aryl methyl sites for hydroxylation is 2. The number of thiophene rings is 1. The van der Waals surface area contributed by atoms with Gasteiger partial charge in [-0.1, -0.05) is 17.7 Å². The molecular formula is C21H27N3O3S2. The fourth-order valence-electron chi connectivity index (χ4n) is 3.02. The zero-order chi connectivity index (χ0) is 21.7. The summed E-state index contributed by atoms with van der Waals surface area (Å²) in [6.07, 6.45) is 0. The highest BCUT2D eigenvalue weighted by Crippen LogP contribution is 2.34. The number of nitrogens with zero attached hydrogens (tertiary/aromatic N) is 1. The topological polar surface area (TPSA) is 70.7 Å². The molecule has 0 radical (unpaired) electrons. The molecule has 0 saturated carbocycles. The van der Waals surface area contributed by atoms with E-state index in [2.05, 4.69) is 16.7 Å². The zero-order valence-electron chi connectivity index (χ0n) is 17.6. The van der Waals surface area contributed by atoms with E-state index in [0.29, 0.717) is 39.2 Å². The van der Waals surface area contributed by atoms with Crippen LogP contribution in [0.25, 0.3) is 0 Å². The maximum atomic E-state index is 12.9. The highest BCUT2D eigenvalue weighted by atomic mass is 32.1. The Morgan fingerprint density at radius 3 is 2.34 bits per heavy atom. The van der Waals surface area contributed by atoms with Crippen LogP contribution in [0.15, 0.2) is 18.2 Å². The lowest BCUT2D eigenvalue weighted by molar-refractivity contribution is 0.0601. The van der Waals surface area contributed by atoms with E-state index in [4.69, 9.17) is 17.0 Å². The molecule has 156 valence electrons. The smallest absolute Gasteiger partial charge is 0.341 e.